The van der Waals surface area contributed by atoms with Gasteiger partial charge in [0.1, 0.15) is 17.2 Å². The first-order valence-electron chi connectivity index (χ1n) is 6.57. The number of carbonyl (C=O) groups is 1. The van der Waals surface area contributed by atoms with E-state index in [9.17, 15) is 9.18 Å². The number of hydrogen-bond acceptors (Lipinski definition) is 3. The fraction of sp³-hybridized carbons (Fsp3) is 0.125. The molecule has 3 rings (SSSR count). The molecule has 4 nitrogen and oxygen atoms in total. The van der Waals surface area contributed by atoms with Crippen LogP contribution in [0.25, 0.3) is 5.65 Å². The monoisotopic (exact) mass is 283 g/mol. The molecule has 0 saturated heterocycles. The summed E-state index contributed by atoms with van der Waals surface area (Å²) in [7, 11) is 1.79. The maximum absolute atomic E-state index is 13.7. The number of halogens is 1. The van der Waals surface area contributed by atoms with E-state index in [4.69, 9.17) is 0 Å². The second-order valence-corrected chi connectivity index (χ2v) is 4.81. The molecule has 0 atom stereocenters. The minimum atomic E-state index is -0.263. The van der Waals surface area contributed by atoms with E-state index in [-0.39, 0.29) is 5.82 Å². The van der Waals surface area contributed by atoms with Crippen LogP contribution in [0.5, 0.6) is 0 Å². The molecule has 1 aromatic carbocycles. The third kappa shape index (κ3) is 2.38. The van der Waals surface area contributed by atoms with Gasteiger partial charge >= 0.3 is 0 Å². The van der Waals surface area contributed by atoms with Crippen molar-refractivity contribution >= 4 is 17.8 Å². The van der Waals surface area contributed by atoms with Crippen LogP contribution in [0.2, 0.25) is 0 Å². The predicted octanol–water partition coefficient (Wildman–Crippen LogP) is 2.92. The molecule has 21 heavy (non-hydrogen) atoms. The molecule has 0 aliphatic heterocycles. The first kappa shape index (κ1) is 13.3. The topological polar surface area (TPSA) is 37.6 Å². The summed E-state index contributed by atoms with van der Waals surface area (Å²) in [5.41, 5.74) is 1.72. The van der Waals surface area contributed by atoms with Crippen LogP contribution in [0.3, 0.4) is 0 Å². The minimum absolute atomic E-state index is 0.263. The van der Waals surface area contributed by atoms with Gasteiger partial charge in [-0.05, 0) is 18.2 Å². The zero-order valence-corrected chi connectivity index (χ0v) is 11.5. The highest BCUT2D eigenvalue weighted by Gasteiger charge is 2.16. The summed E-state index contributed by atoms with van der Waals surface area (Å²) in [6, 6.07) is 12.1. The highest BCUT2D eigenvalue weighted by atomic mass is 19.1. The summed E-state index contributed by atoms with van der Waals surface area (Å²) < 4.78 is 15.5. The smallest absolute Gasteiger partial charge is 0.170 e. The Morgan fingerprint density at radius 2 is 2.00 bits per heavy atom. The zero-order valence-electron chi connectivity index (χ0n) is 11.5. The van der Waals surface area contributed by atoms with Crippen molar-refractivity contribution in [3.8, 4) is 0 Å². The fourth-order valence-electron chi connectivity index (χ4n) is 2.35. The Hall–Kier alpha value is -2.69. The summed E-state index contributed by atoms with van der Waals surface area (Å²) in [6.45, 7) is 0.345. The fourth-order valence-corrected chi connectivity index (χ4v) is 2.35. The van der Waals surface area contributed by atoms with Gasteiger partial charge in [-0.15, -0.1) is 0 Å². The molecule has 0 bridgehead atoms. The first-order chi connectivity index (χ1) is 10.2. The van der Waals surface area contributed by atoms with Crippen molar-refractivity contribution in [1.29, 1.82) is 0 Å². The van der Waals surface area contributed by atoms with E-state index in [0.29, 0.717) is 29.3 Å². The number of hydrogen-bond donors (Lipinski definition) is 0. The van der Waals surface area contributed by atoms with Crippen molar-refractivity contribution < 1.29 is 9.18 Å². The Morgan fingerprint density at radius 3 is 2.76 bits per heavy atom. The van der Waals surface area contributed by atoms with E-state index >= 15 is 0 Å². The lowest BCUT2D eigenvalue weighted by atomic mass is 10.2. The van der Waals surface area contributed by atoms with Crippen molar-refractivity contribution in [3.63, 3.8) is 0 Å². The van der Waals surface area contributed by atoms with E-state index < -0.39 is 0 Å². The second-order valence-electron chi connectivity index (χ2n) is 4.81. The molecule has 5 heteroatoms. The van der Waals surface area contributed by atoms with Gasteiger partial charge in [-0.2, -0.15) is 0 Å². The van der Waals surface area contributed by atoms with E-state index in [1.165, 1.54) is 6.07 Å². The van der Waals surface area contributed by atoms with Crippen LogP contribution in [0.15, 0.2) is 48.7 Å². The number of carbonyl (C=O) groups excluding carboxylic acids is 1. The molecule has 0 saturated carbocycles. The number of anilines is 1. The number of imidazole rings is 1. The van der Waals surface area contributed by atoms with E-state index in [0.717, 1.165) is 6.29 Å². The van der Waals surface area contributed by atoms with Gasteiger partial charge in [0.05, 0.1) is 0 Å². The van der Waals surface area contributed by atoms with Gasteiger partial charge in [0.2, 0.25) is 0 Å². The highest BCUT2D eigenvalue weighted by Crippen LogP contribution is 2.21. The van der Waals surface area contributed by atoms with Crippen molar-refractivity contribution in [1.82, 2.24) is 9.38 Å². The molecule has 0 fully saturated rings. The standard InChI is InChI=1S/C16H14FN3O/c1-19(10-12-6-2-3-7-13(12)17)16-14(11-21)20-9-5-4-8-15(20)18-16/h2-9,11H,10H2,1H3. The van der Waals surface area contributed by atoms with Gasteiger partial charge in [0.15, 0.2) is 12.1 Å². The maximum Gasteiger partial charge on any atom is 0.170 e. The largest absolute Gasteiger partial charge is 0.353 e. The number of nitrogens with zero attached hydrogens (tertiary/aromatic N) is 3. The number of rotatable bonds is 4. The van der Waals surface area contributed by atoms with E-state index in [1.807, 2.05) is 18.2 Å². The molecule has 106 valence electrons. The van der Waals surface area contributed by atoms with Gasteiger partial charge in [0.25, 0.3) is 0 Å². The Labute approximate surface area is 121 Å². The summed E-state index contributed by atoms with van der Waals surface area (Å²) in [5, 5.41) is 0. The van der Waals surface area contributed by atoms with Gasteiger partial charge < -0.3 is 4.90 Å². The SMILES string of the molecule is CN(Cc1ccccc1F)c1nc2ccccn2c1C=O. The summed E-state index contributed by atoms with van der Waals surface area (Å²) in [4.78, 5) is 17.6. The number of pyridine rings is 1. The van der Waals surface area contributed by atoms with Crippen LogP contribution in [0.1, 0.15) is 16.1 Å². The molecule has 0 radical (unpaired) electrons. The zero-order chi connectivity index (χ0) is 14.8. The average Bonchev–Trinajstić information content (AvgIpc) is 2.88. The Kier molecular flexibility index (Phi) is 3.39. The normalized spacial score (nSPS) is 10.8. The van der Waals surface area contributed by atoms with Gasteiger partial charge in [-0.25, -0.2) is 9.37 Å². The van der Waals surface area contributed by atoms with Gasteiger partial charge in [-0.3, -0.25) is 9.20 Å². The Bertz CT molecular complexity index is 797. The first-order valence-corrected chi connectivity index (χ1v) is 6.57. The van der Waals surface area contributed by atoms with Gasteiger partial charge in [-0.1, -0.05) is 24.3 Å². The molecule has 0 aliphatic carbocycles. The molecule has 0 unspecified atom stereocenters. The Morgan fingerprint density at radius 1 is 1.24 bits per heavy atom. The summed E-state index contributed by atoms with van der Waals surface area (Å²) >= 11 is 0. The lowest BCUT2D eigenvalue weighted by Gasteiger charge is -2.17. The Balaban J connectivity index is 2.00. The molecular weight excluding hydrogens is 269 g/mol. The van der Waals surface area contributed by atoms with Crippen molar-refractivity contribution in [3.05, 3.63) is 65.7 Å². The third-order valence-electron chi connectivity index (χ3n) is 3.39. The van der Waals surface area contributed by atoms with Crippen LogP contribution in [0.4, 0.5) is 10.2 Å². The lowest BCUT2D eigenvalue weighted by Crippen LogP contribution is -2.19. The van der Waals surface area contributed by atoms with Crippen LogP contribution in [-0.4, -0.2) is 22.7 Å². The number of benzene rings is 1. The average molecular weight is 283 g/mol. The predicted molar refractivity (Wildman–Crippen MR) is 79.1 cm³/mol. The quantitative estimate of drug-likeness (QED) is 0.691. The summed E-state index contributed by atoms with van der Waals surface area (Å²) in [6.07, 6.45) is 2.56. The minimum Gasteiger partial charge on any atom is -0.353 e. The summed E-state index contributed by atoms with van der Waals surface area (Å²) in [5.74, 6) is 0.278. The van der Waals surface area contributed by atoms with Crippen molar-refractivity contribution in [2.24, 2.45) is 0 Å². The van der Waals surface area contributed by atoms with Crippen molar-refractivity contribution in [2.75, 3.05) is 11.9 Å². The van der Waals surface area contributed by atoms with E-state index in [1.54, 1.807) is 40.7 Å². The number of aldehydes is 1. The van der Waals surface area contributed by atoms with Crippen molar-refractivity contribution in [2.45, 2.75) is 6.54 Å². The van der Waals surface area contributed by atoms with Crippen LogP contribution in [0, 0.1) is 5.82 Å². The van der Waals surface area contributed by atoms with Gasteiger partial charge in [0, 0.05) is 25.4 Å². The number of fused-ring (bicyclic) bond motifs is 1. The molecule has 0 aliphatic rings. The van der Waals surface area contributed by atoms with Crippen LogP contribution >= 0.6 is 0 Å². The van der Waals surface area contributed by atoms with E-state index in [2.05, 4.69) is 4.98 Å². The maximum atomic E-state index is 13.7. The molecule has 0 spiro atoms. The molecular formula is C16H14FN3O. The molecule has 2 aromatic heterocycles. The molecule has 0 amide bonds. The molecule has 0 N–H and O–H groups in total. The third-order valence-corrected chi connectivity index (χ3v) is 3.39. The van der Waals surface area contributed by atoms with Crippen LogP contribution < -0.4 is 4.90 Å². The number of aromatic nitrogens is 2. The lowest BCUT2D eigenvalue weighted by molar-refractivity contribution is 0.111. The van der Waals surface area contributed by atoms with Crippen LogP contribution in [-0.2, 0) is 6.54 Å². The molecule has 2 heterocycles. The highest BCUT2D eigenvalue weighted by molar-refractivity contribution is 5.83. The second kappa shape index (κ2) is 5.36. The molecule has 3 aromatic rings.